The fourth-order valence-corrected chi connectivity index (χ4v) is 1.75. The van der Waals surface area contributed by atoms with E-state index >= 15 is 0 Å². The molecule has 0 spiro atoms. The predicted molar refractivity (Wildman–Crippen MR) is 81.4 cm³/mol. The summed E-state index contributed by atoms with van der Waals surface area (Å²) in [5.74, 6) is 0.483. The summed E-state index contributed by atoms with van der Waals surface area (Å²) in [5.41, 5.74) is 6.92. The van der Waals surface area contributed by atoms with Crippen molar-refractivity contribution in [3.05, 3.63) is 77.1 Å². The van der Waals surface area contributed by atoms with Crippen molar-refractivity contribution in [1.29, 1.82) is 0 Å². The Morgan fingerprint density at radius 2 is 1.74 bits per heavy atom. The van der Waals surface area contributed by atoms with Crippen LogP contribution in [0, 0.1) is 5.92 Å². The van der Waals surface area contributed by atoms with E-state index in [1.807, 2.05) is 26.0 Å². The van der Waals surface area contributed by atoms with Gasteiger partial charge in [-0.3, -0.25) is 0 Å². The van der Waals surface area contributed by atoms with Crippen LogP contribution in [0.3, 0.4) is 0 Å². The maximum Gasteiger partial charge on any atom is 0 e. The summed E-state index contributed by atoms with van der Waals surface area (Å²) in [7, 11) is 0. The summed E-state index contributed by atoms with van der Waals surface area (Å²) < 4.78 is 0. The van der Waals surface area contributed by atoms with E-state index in [0.717, 1.165) is 0 Å². The third-order valence-corrected chi connectivity index (χ3v) is 2.65. The largest absolute Gasteiger partial charge is 0.120 e. The molecule has 97 valence electrons. The fraction of sp³-hybridized carbons (Fsp3) is 0.278. The summed E-state index contributed by atoms with van der Waals surface area (Å²) in [6.07, 6.45) is 19.1. The third-order valence-electron chi connectivity index (χ3n) is 2.65. The Kier molecular flexibility index (Phi) is 9.79. The Labute approximate surface area is 142 Å². The van der Waals surface area contributed by atoms with Crippen LogP contribution in [-0.2, 0) is 32.7 Å². The van der Waals surface area contributed by atoms with Crippen LogP contribution in [0.25, 0.3) is 0 Å². The molecule has 1 radical (unpaired) electrons. The van der Waals surface area contributed by atoms with Crippen molar-refractivity contribution in [2.24, 2.45) is 5.92 Å². The molecule has 0 saturated heterocycles. The van der Waals surface area contributed by atoms with E-state index in [0.29, 0.717) is 5.92 Å². The summed E-state index contributed by atoms with van der Waals surface area (Å²) in [5, 5.41) is 0. The average molecular weight is 327 g/mol. The number of allylic oxidation sites excluding steroid dienone is 11. The van der Waals surface area contributed by atoms with Crippen LogP contribution in [0.15, 0.2) is 77.1 Å². The van der Waals surface area contributed by atoms with Crippen LogP contribution >= 0.6 is 0 Å². The maximum atomic E-state index is 3.20. The molecule has 0 bridgehead atoms. The van der Waals surface area contributed by atoms with Crippen molar-refractivity contribution in [3.8, 4) is 0 Å². The Balaban J connectivity index is 0.00000103. The van der Waals surface area contributed by atoms with Crippen molar-refractivity contribution in [1.82, 2.24) is 0 Å². The minimum atomic E-state index is 0. The fourth-order valence-electron chi connectivity index (χ4n) is 1.75. The van der Waals surface area contributed by atoms with Gasteiger partial charge in [0.25, 0.3) is 0 Å². The second-order valence-electron chi connectivity index (χ2n) is 4.21. The van der Waals surface area contributed by atoms with E-state index in [9.17, 15) is 0 Å². The molecule has 0 aliphatic heterocycles. The Morgan fingerprint density at radius 3 is 2.47 bits per heavy atom. The van der Waals surface area contributed by atoms with Gasteiger partial charge in [-0.05, 0) is 41.7 Å². The zero-order chi connectivity index (χ0) is 13.4. The van der Waals surface area contributed by atoms with Crippen molar-refractivity contribution >= 4 is 0 Å². The molecule has 0 nitrogen and oxygen atoms in total. The van der Waals surface area contributed by atoms with Crippen LogP contribution in [0.2, 0.25) is 0 Å². The first-order valence-electron chi connectivity index (χ1n) is 6.64. The molecule has 2 rings (SSSR count). The van der Waals surface area contributed by atoms with Gasteiger partial charge in [0.05, 0.1) is 0 Å². The van der Waals surface area contributed by atoms with Gasteiger partial charge >= 0.3 is 0 Å². The van der Waals surface area contributed by atoms with Crippen LogP contribution in [-0.4, -0.2) is 0 Å². The monoisotopic (exact) mass is 327 g/mol. The first-order chi connectivity index (χ1) is 8.75. The van der Waals surface area contributed by atoms with Gasteiger partial charge < -0.3 is 0 Å². The molecule has 0 saturated carbocycles. The summed E-state index contributed by atoms with van der Waals surface area (Å²) >= 11 is 0. The van der Waals surface area contributed by atoms with E-state index in [4.69, 9.17) is 0 Å². The first kappa shape index (κ1) is 18.3. The van der Waals surface area contributed by atoms with E-state index in [2.05, 4.69) is 62.1 Å². The molecule has 0 aromatic rings. The van der Waals surface area contributed by atoms with Gasteiger partial charge in [-0.15, -0.1) is 5.73 Å². The van der Waals surface area contributed by atoms with E-state index < -0.39 is 0 Å². The van der Waals surface area contributed by atoms with E-state index in [1.54, 1.807) is 0 Å². The first-order valence-corrected chi connectivity index (χ1v) is 6.64. The van der Waals surface area contributed by atoms with Crippen molar-refractivity contribution in [2.45, 2.75) is 27.7 Å². The van der Waals surface area contributed by atoms with Gasteiger partial charge in [-0.1, -0.05) is 63.3 Å². The van der Waals surface area contributed by atoms with Gasteiger partial charge in [0.15, 0.2) is 0 Å². The quantitative estimate of drug-likeness (QED) is 0.574. The number of hydrogen-bond donors (Lipinski definition) is 0. The van der Waals surface area contributed by atoms with Gasteiger partial charge in [-0.25, -0.2) is 0 Å². The van der Waals surface area contributed by atoms with Crippen molar-refractivity contribution in [2.75, 3.05) is 0 Å². The zero-order valence-electron chi connectivity index (χ0n) is 12.4. The smallest absolute Gasteiger partial charge is 0 e. The molecule has 0 heterocycles. The molecule has 1 atom stereocenters. The van der Waals surface area contributed by atoms with E-state index in [1.165, 1.54) is 16.7 Å². The standard InChI is InChI=1S/C16H16.C2H6.Y/c1-13-7-5-9-15(11-10-13)16-8-4-3-6-14(2)12-16;1-2;/h3-4,6-12,14H,1-2H3;1-2H3;. The molecule has 2 aliphatic rings. The summed E-state index contributed by atoms with van der Waals surface area (Å²) in [6.45, 7) is 8.28. The molecule has 0 amide bonds. The van der Waals surface area contributed by atoms with Gasteiger partial charge in [0.2, 0.25) is 0 Å². The molecular weight excluding hydrogens is 305 g/mol. The second kappa shape index (κ2) is 10.2. The summed E-state index contributed by atoms with van der Waals surface area (Å²) in [6, 6.07) is 0. The second-order valence-corrected chi connectivity index (χ2v) is 4.21. The van der Waals surface area contributed by atoms with Crippen LogP contribution in [0.4, 0.5) is 0 Å². The SMILES string of the molecule is CC.CC1=CC=C(C2=CC(C)C=CC=C2)C=C=C1.[Y]. The third kappa shape index (κ3) is 6.34. The van der Waals surface area contributed by atoms with Gasteiger partial charge in [0, 0.05) is 32.7 Å². The molecule has 0 aromatic heterocycles. The molecular formula is C18H22Y. The molecule has 0 fully saturated rings. The molecule has 0 N–H and O–H groups in total. The topological polar surface area (TPSA) is 0 Å². The number of rotatable bonds is 1. The van der Waals surface area contributed by atoms with Crippen molar-refractivity contribution < 1.29 is 32.7 Å². The van der Waals surface area contributed by atoms with Gasteiger partial charge in [-0.2, -0.15) is 0 Å². The molecule has 1 heteroatoms. The van der Waals surface area contributed by atoms with Gasteiger partial charge in [0.1, 0.15) is 0 Å². The molecule has 2 aliphatic carbocycles. The Morgan fingerprint density at radius 1 is 1.00 bits per heavy atom. The molecule has 19 heavy (non-hydrogen) atoms. The Hall–Kier alpha value is -0.676. The average Bonchev–Trinajstić information content (AvgIpc) is 2.72. The normalized spacial score (nSPS) is 20.0. The van der Waals surface area contributed by atoms with Crippen LogP contribution < -0.4 is 0 Å². The molecule has 0 aromatic carbocycles. The molecule has 1 unspecified atom stereocenters. The Bertz CT molecular complexity index is 490. The number of hydrogen-bond acceptors (Lipinski definition) is 0. The zero-order valence-corrected chi connectivity index (χ0v) is 15.2. The summed E-state index contributed by atoms with van der Waals surface area (Å²) in [4.78, 5) is 0. The minimum absolute atomic E-state index is 0. The van der Waals surface area contributed by atoms with Crippen LogP contribution in [0.5, 0.6) is 0 Å². The van der Waals surface area contributed by atoms with E-state index in [-0.39, 0.29) is 32.7 Å². The predicted octanol–water partition coefficient (Wildman–Crippen LogP) is 5.30. The minimum Gasteiger partial charge on any atom is -0.120 e. The van der Waals surface area contributed by atoms with Crippen LogP contribution in [0.1, 0.15) is 27.7 Å². The maximum absolute atomic E-state index is 3.20. The van der Waals surface area contributed by atoms with Crippen molar-refractivity contribution in [3.63, 3.8) is 0 Å².